The summed E-state index contributed by atoms with van der Waals surface area (Å²) < 4.78 is 16.3. The zero-order valence-electron chi connectivity index (χ0n) is 16.6. The summed E-state index contributed by atoms with van der Waals surface area (Å²) in [5, 5.41) is 2.97. The monoisotopic (exact) mass is 403 g/mol. The molecule has 0 saturated carbocycles. The topological polar surface area (TPSA) is 56.8 Å². The Bertz CT molecular complexity index is 706. The fraction of sp³-hybridized carbons (Fsp3) is 0.409. The van der Waals surface area contributed by atoms with Crippen LogP contribution in [0.25, 0.3) is 0 Å². The summed E-state index contributed by atoms with van der Waals surface area (Å²) >= 11 is 1.51. The lowest BCUT2D eigenvalue weighted by Gasteiger charge is -2.09. The van der Waals surface area contributed by atoms with Crippen LogP contribution in [0.2, 0.25) is 0 Å². The minimum Gasteiger partial charge on any atom is -0.494 e. The fourth-order valence-corrected chi connectivity index (χ4v) is 3.21. The van der Waals surface area contributed by atoms with Crippen LogP contribution in [0.3, 0.4) is 0 Å². The molecular formula is C22H29NO4S. The Morgan fingerprint density at radius 1 is 0.964 bits per heavy atom. The third-order valence-electron chi connectivity index (χ3n) is 3.83. The molecule has 0 radical (unpaired) electrons. The predicted octanol–water partition coefficient (Wildman–Crippen LogP) is 4.05. The SMILES string of the molecule is CCOCCOCc1cccc(CNC(=O)CSc2ccc(OCC)cc2)c1. The van der Waals surface area contributed by atoms with Crippen LogP contribution in [0.4, 0.5) is 0 Å². The molecule has 0 saturated heterocycles. The summed E-state index contributed by atoms with van der Waals surface area (Å²) in [6, 6.07) is 15.8. The van der Waals surface area contributed by atoms with E-state index in [0.717, 1.165) is 21.8 Å². The van der Waals surface area contributed by atoms with E-state index in [1.54, 1.807) is 0 Å². The smallest absolute Gasteiger partial charge is 0.230 e. The standard InChI is InChI=1S/C22H29NO4S/c1-3-25-12-13-26-16-19-7-5-6-18(14-19)15-23-22(24)17-28-21-10-8-20(9-11-21)27-4-2/h5-11,14H,3-4,12-13,15-17H2,1-2H3,(H,23,24). The maximum absolute atomic E-state index is 12.1. The quantitative estimate of drug-likeness (QED) is 0.404. The van der Waals surface area contributed by atoms with Crippen LogP contribution < -0.4 is 10.1 Å². The van der Waals surface area contributed by atoms with Crippen LogP contribution in [-0.2, 0) is 27.4 Å². The van der Waals surface area contributed by atoms with Crippen LogP contribution in [0.1, 0.15) is 25.0 Å². The van der Waals surface area contributed by atoms with Crippen molar-refractivity contribution in [2.24, 2.45) is 0 Å². The molecule has 0 spiro atoms. The van der Waals surface area contributed by atoms with Gasteiger partial charge in [-0.1, -0.05) is 24.3 Å². The first-order chi connectivity index (χ1) is 13.7. The molecule has 0 aromatic heterocycles. The number of carbonyl (C=O) groups is 1. The van der Waals surface area contributed by atoms with Crippen molar-refractivity contribution in [3.05, 3.63) is 59.7 Å². The van der Waals surface area contributed by atoms with E-state index in [9.17, 15) is 4.79 Å². The third-order valence-corrected chi connectivity index (χ3v) is 4.84. The van der Waals surface area contributed by atoms with E-state index in [4.69, 9.17) is 14.2 Å². The van der Waals surface area contributed by atoms with Gasteiger partial charge in [0, 0.05) is 18.0 Å². The number of rotatable bonds is 13. The Morgan fingerprint density at radius 3 is 2.46 bits per heavy atom. The first-order valence-corrected chi connectivity index (χ1v) is 10.6. The van der Waals surface area contributed by atoms with Gasteiger partial charge in [-0.15, -0.1) is 11.8 Å². The van der Waals surface area contributed by atoms with Crippen molar-refractivity contribution in [2.75, 3.05) is 32.2 Å². The predicted molar refractivity (Wildman–Crippen MR) is 113 cm³/mol. The Kier molecular flexibility index (Phi) is 10.5. The van der Waals surface area contributed by atoms with Gasteiger partial charge in [-0.05, 0) is 49.2 Å². The highest BCUT2D eigenvalue weighted by atomic mass is 32.2. The summed E-state index contributed by atoms with van der Waals surface area (Å²) in [6.45, 7) is 7.52. The molecule has 0 aliphatic rings. The Morgan fingerprint density at radius 2 is 1.71 bits per heavy atom. The molecular weight excluding hydrogens is 374 g/mol. The Labute approximate surface area is 171 Å². The van der Waals surface area contributed by atoms with Crippen molar-refractivity contribution < 1.29 is 19.0 Å². The van der Waals surface area contributed by atoms with Crippen LogP contribution in [-0.4, -0.2) is 38.1 Å². The summed E-state index contributed by atoms with van der Waals surface area (Å²) in [7, 11) is 0. The molecule has 2 aromatic carbocycles. The minimum atomic E-state index is 0.0113. The lowest BCUT2D eigenvalue weighted by atomic mass is 10.1. The number of ether oxygens (including phenoxy) is 3. The lowest BCUT2D eigenvalue weighted by Crippen LogP contribution is -2.24. The van der Waals surface area contributed by atoms with Gasteiger partial charge in [0.25, 0.3) is 0 Å². The number of thioether (sulfide) groups is 1. The fourth-order valence-electron chi connectivity index (χ4n) is 2.48. The molecule has 0 heterocycles. The molecule has 0 aliphatic heterocycles. The maximum Gasteiger partial charge on any atom is 0.230 e. The highest BCUT2D eigenvalue weighted by Crippen LogP contribution is 2.21. The van der Waals surface area contributed by atoms with E-state index >= 15 is 0 Å². The molecule has 5 nitrogen and oxygen atoms in total. The molecule has 152 valence electrons. The highest BCUT2D eigenvalue weighted by molar-refractivity contribution is 8.00. The normalized spacial score (nSPS) is 10.6. The second kappa shape index (κ2) is 13.2. The molecule has 6 heteroatoms. The highest BCUT2D eigenvalue weighted by Gasteiger charge is 2.04. The lowest BCUT2D eigenvalue weighted by molar-refractivity contribution is -0.118. The number of hydrogen-bond acceptors (Lipinski definition) is 5. The van der Waals surface area contributed by atoms with Gasteiger partial charge in [0.15, 0.2) is 0 Å². The number of amides is 1. The van der Waals surface area contributed by atoms with E-state index < -0.39 is 0 Å². The van der Waals surface area contributed by atoms with Gasteiger partial charge in [0.05, 0.1) is 32.2 Å². The van der Waals surface area contributed by atoms with Gasteiger partial charge >= 0.3 is 0 Å². The zero-order valence-corrected chi connectivity index (χ0v) is 17.4. The van der Waals surface area contributed by atoms with Gasteiger partial charge in [0.2, 0.25) is 5.91 Å². The first-order valence-electron chi connectivity index (χ1n) is 9.57. The molecule has 1 amide bonds. The summed E-state index contributed by atoms with van der Waals surface area (Å²) in [5.74, 6) is 1.24. The van der Waals surface area contributed by atoms with E-state index in [1.807, 2.05) is 56.3 Å². The van der Waals surface area contributed by atoms with E-state index in [1.165, 1.54) is 11.8 Å². The van der Waals surface area contributed by atoms with E-state index in [-0.39, 0.29) is 5.91 Å². The summed E-state index contributed by atoms with van der Waals surface area (Å²) in [5.41, 5.74) is 2.15. The number of hydrogen-bond donors (Lipinski definition) is 1. The molecule has 2 rings (SSSR count). The second-order valence-corrected chi connectivity index (χ2v) is 7.09. The average Bonchev–Trinajstić information content (AvgIpc) is 2.72. The van der Waals surface area contributed by atoms with Crippen molar-refractivity contribution in [3.8, 4) is 5.75 Å². The number of benzene rings is 2. The van der Waals surface area contributed by atoms with Crippen molar-refractivity contribution >= 4 is 17.7 Å². The molecule has 0 fully saturated rings. The van der Waals surface area contributed by atoms with Gasteiger partial charge < -0.3 is 19.5 Å². The molecule has 28 heavy (non-hydrogen) atoms. The maximum atomic E-state index is 12.1. The molecule has 0 atom stereocenters. The van der Waals surface area contributed by atoms with Gasteiger partial charge in [0.1, 0.15) is 5.75 Å². The molecule has 0 bridgehead atoms. The van der Waals surface area contributed by atoms with Crippen LogP contribution >= 0.6 is 11.8 Å². The van der Waals surface area contributed by atoms with Crippen molar-refractivity contribution in [1.82, 2.24) is 5.32 Å². The van der Waals surface area contributed by atoms with Gasteiger partial charge in [-0.3, -0.25) is 4.79 Å². The van der Waals surface area contributed by atoms with Crippen molar-refractivity contribution in [3.63, 3.8) is 0 Å². The van der Waals surface area contributed by atoms with Crippen molar-refractivity contribution in [2.45, 2.75) is 31.9 Å². The first kappa shape index (κ1) is 22.3. The Balaban J connectivity index is 1.69. The van der Waals surface area contributed by atoms with Crippen LogP contribution in [0, 0.1) is 0 Å². The average molecular weight is 404 g/mol. The summed E-state index contributed by atoms with van der Waals surface area (Å²) in [4.78, 5) is 13.2. The largest absolute Gasteiger partial charge is 0.494 e. The van der Waals surface area contributed by atoms with Gasteiger partial charge in [-0.25, -0.2) is 0 Å². The third kappa shape index (κ3) is 8.78. The molecule has 1 N–H and O–H groups in total. The van der Waals surface area contributed by atoms with E-state index in [2.05, 4.69) is 11.4 Å². The molecule has 0 aliphatic carbocycles. The summed E-state index contributed by atoms with van der Waals surface area (Å²) in [6.07, 6.45) is 0. The van der Waals surface area contributed by atoms with Crippen LogP contribution in [0.5, 0.6) is 5.75 Å². The number of nitrogens with one attached hydrogen (secondary N) is 1. The van der Waals surface area contributed by atoms with Crippen molar-refractivity contribution in [1.29, 1.82) is 0 Å². The van der Waals surface area contributed by atoms with E-state index in [0.29, 0.717) is 45.3 Å². The number of carbonyl (C=O) groups excluding carboxylic acids is 1. The second-order valence-electron chi connectivity index (χ2n) is 6.04. The zero-order chi connectivity index (χ0) is 20.0. The molecule has 2 aromatic rings. The molecule has 0 unspecified atom stereocenters. The van der Waals surface area contributed by atoms with Crippen LogP contribution in [0.15, 0.2) is 53.4 Å². The Hall–Kier alpha value is -2.02. The minimum absolute atomic E-state index is 0.0113. The van der Waals surface area contributed by atoms with Gasteiger partial charge in [-0.2, -0.15) is 0 Å².